The molecule has 212 valence electrons. The van der Waals surface area contributed by atoms with Gasteiger partial charge in [-0.15, -0.1) is 0 Å². The molecule has 0 atom stereocenters. The summed E-state index contributed by atoms with van der Waals surface area (Å²) in [6, 6.07) is 7.14. The Morgan fingerprint density at radius 2 is 1.85 bits per heavy atom. The maximum atomic E-state index is 12.8. The van der Waals surface area contributed by atoms with Gasteiger partial charge < -0.3 is 19.7 Å². The second-order valence-electron chi connectivity index (χ2n) is 9.78. The van der Waals surface area contributed by atoms with Crippen molar-refractivity contribution in [3.05, 3.63) is 59.3 Å². The van der Waals surface area contributed by atoms with Crippen molar-refractivity contribution in [1.82, 2.24) is 34.3 Å². The summed E-state index contributed by atoms with van der Waals surface area (Å²) in [6.45, 7) is 1.22. The number of rotatable bonds is 9. The summed E-state index contributed by atoms with van der Waals surface area (Å²) >= 11 is 0. The smallest absolute Gasteiger partial charge is 0.274 e. The number of ether oxygens (including phenoxy) is 2. The molecule has 1 saturated heterocycles. The standard InChI is InChI=1S/C26H31N7O6S/c1-31-21(13-19(30-31)17-7-8-17)25(34)29-14-18-5-4-6-22(24(18)38-2)39-23-16-27-20(15-28-23)26(35)32-9-11-33(12-10-32)40(3,36)37/h4-6,13,15-17H,7-12,14H2,1-3H3,(H,29,34). The van der Waals surface area contributed by atoms with Crippen LogP contribution in [0.5, 0.6) is 17.4 Å². The number of benzene rings is 1. The van der Waals surface area contributed by atoms with Crippen molar-refractivity contribution < 1.29 is 27.5 Å². The van der Waals surface area contributed by atoms with E-state index in [4.69, 9.17) is 9.47 Å². The first-order valence-corrected chi connectivity index (χ1v) is 14.7. The third kappa shape index (κ3) is 6.07. The fourth-order valence-electron chi connectivity index (χ4n) is 4.54. The Morgan fingerprint density at radius 3 is 2.48 bits per heavy atom. The Balaban J connectivity index is 1.21. The van der Waals surface area contributed by atoms with E-state index in [0.717, 1.165) is 24.8 Å². The van der Waals surface area contributed by atoms with Crippen molar-refractivity contribution in [3.8, 4) is 17.4 Å². The minimum absolute atomic E-state index is 0.128. The normalized spacial score (nSPS) is 16.0. The number of amides is 2. The van der Waals surface area contributed by atoms with Crippen LogP contribution in [0.4, 0.5) is 0 Å². The zero-order chi connectivity index (χ0) is 28.4. The number of para-hydroxylation sites is 1. The number of sulfonamides is 1. The Kier molecular flexibility index (Phi) is 7.72. The lowest BCUT2D eigenvalue weighted by molar-refractivity contribution is 0.0691. The van der Waals surface area contributed by atoms with Crippen LogP contribution in [-0.4, -0.2) is 88.7 Å². The minimum Gasteiger partial charge on any atom is -0.492 e. The predicted octanol–water partition coefficient (Wildman–Crippen LogP) is 1.54. The summed E-state index contributed by atoms with van der Waals surface area (Å²) < 4.78 is 37.8. The van der Waals surface area contributed by atoms with Gasteiger partial charge in [-0.2, -0.15) is 9.40 Å². The highest BCUT2D eigenvalue weighted by Crippen LogP contribution is 2.39. The number of aryl methyl sites for hydroxylation is 1. The van der Waals surface area contributed by atoms with Crippen molar-refractivity contribution in [2.75, 3.05) is 39.5 Å². The molecule has 0 radical (unpaired) electrons. The van der Waals surface area contributed by atoms with Gasteiger partial charge in [0.05, 0.1) is 31.5 Å². The van der Waals surface area contributed by atoms with E-state index in [2.05, 4.69) is 20.4 Å². The number of methoxy groups -OCH3 is 1. The first-order valence-electron chi connectivity index (χ1n) is 12.9. The lowest BCUT2D eigenvalue weighted by Crippen LogP contribution is -2.50. The van der Waals surface area contributed by atoms with E-state index in [1.54, 1.807) is 28.8 Å². The summed E-state index contributed by atoms with van der Waals surface area (Å²) in [6.07, 6.45) is 6.03. The number of nitrogens with one attached hydrogen (secondary N) is 1. The molecule has 0 spiro atoms. The van der Waals surface area contributed by atoms with Gasteiger partial charge in [-0.1, -0.05) is 12.1 Å². The Hall–Kier alpha value is -4.04. The second-order valence-corrected chi connectivity index (χ2v) is 11.8. The predicted molar refractivity (Wildman–Crippen MR) is 144 cm³/mol. The monoisotopic (exact) mass is 569 g/mol. The SMILES string of the molecule is COc1c(CNC(=O)c2cc(C3CC3)nn2C)cccc1Oc1cnc(C(=O)N2CCN(S(C)(=O)=O)CC2)cn1. The van der Waals surface area contributed by atoms with Gasteiger partial charge in [0.1, 0.15) is 11.4 Å². The molecule has 0 unspecified atom stereocenters. The molecule has 2 aromatic heterocycles. The molecule has 14 heteroatoms. The van der Waals surface area contributed by atoms with Crippen molar-refractivity contribution in [2.24, 2.45) is 7.05 Å². The van der Waals surface area contributed by atoms with E-state index in [9.17, 15) is 18.0 Å². The van der Waals surface area contributed by atoms with Crippen LogP contribution in [0.1, 0.15) is 51.0 Å². The van der Waals surface area contributed by atoms with Crippen LogP contribution in [0.3, 0.4) is 0 Å². The van der Waals surface area contributed by atoms with Crippen LogP contribution in [0.25, 0.3) is 0 Å². The quantitative estimate of drug-likeness (QED) is 0.405. The largest absolute Gasteiger partial charge is 0.492 e. The van der Waals surface area contributed by atoms with Gasteiger partial charge in [0.15, 0.2) is 11.5 Å². The molecular weight excluding hydrogens is 538 g/mol. The number of hydrogen-bond acceptors (Lipinski definition) is 9. The van der Waals surface area contributed by atoms with Crippen molar-refractivity contribution in [2.45, 2.75) is 25.3 Å². The van der Waals surface area contributed by atoms with E-state index in [1.165, 1.54) is 23.8 Å². The highest BCUT2D eigenvalue weighted by atomic mass is 32.2. The molecule has 3 aromatic rings. The number of aromatic nitrogens is 4. The minimum atomic E-state index is -3.29. The molecule has 2 amide bonds. The highest BCUT2D eigenvalue weighted by molar-refractivity contribution is 7.88. The van der Waals surface area contributed by atoms with Crippen LogP contribution < -0.4 is 14.8 Å². The molecule has 13 nitrogen and oxygen atoms in total. The molecule has 5 rings (SSSR count). The molecule has 1 aliphatic carbocycles. The zero-order valence-corrected chi connectivity index (χ0v) is 23.3. The van der Waals surface area contributed by atoms with Crippen molar-refractivity contribution >= 4 is 21.8 Å². The fraction of sp³-hybridized carbons (Fsp3) is 0.423. The summed E-state index contributed by atoms with van der Waals surface area (Å²) in [5.74, 6) is 0.836. The topological polar surface area (TPSA) is 149 Å². The number of carbonyl (C=O) groups is 2. The van der Waals surface area contributed by atoms with Crippen LogP contribution >= 0.6 is 0 Å². The molecule has 2 fully saturated rings. The third-order valence-electron chi connectivity index (χ3n) is 6.89. The van der Waals surface area contributed by atoms with Gasteiger partial charge in [0.2, 0.25) is 15.9 Å². The van der Waals surface area contributed by atoms with E-state index >= 15 is 0 Å². The number of piperazine rings is 1. The van der Waals surface area contributed by atoms with E-state index in [1.807, 2.05) is 12.1 Å². The maximum absolute atomic E-state index is 12.8. The van der Waals surface area contributed by atoms with Gasteiger partial charge in [0, 0.05) is 51.3 Å². The highest BCUT2D eigenvalue weighted by Gasteiger charge is 2.29. The molecule has 1 N–H and O–H groups in total. The van der Waals surface area contributed by atoms with Crippen molar-refractivity contribution in [1.29, 1.82) is 0 Å². The van der Waals surface area contributed by atoms with Gasteiger partial charge in [-0.25, -0.2) is 18.4 Å². The third-order valence-corrected chi connectivity index (χ3v) is 8.19. The van der Waals surface area contributed by atoms with Gasteiger partial charge >= 0.3 is 0 Å². The first-order chi connectivity index (χ1) is 19.1. The molecule has 3 heterocycles. The average Bonchev–Trinajstić information content (AvgIpc) is 3.72. The lowest BCUT2D eigenvalue weighted by atomic mass is 10.1. The van der Waals surface area contributed by atoms with Gasteiger partial charge in [0.25, 0.3) is 11.8 Å². The molecular formula is C26H31N7O6S. The van der Waals surface area contributed by atoms with Crippen molar-refractivity contribution in [3.63, 3.8) is 0 Å². The number of carbonyl (C=O) groups excluding carboxylic acids is 2. The molecule has 40 heavy (non-hydrogen) atoms. The molecule has 0 bridgehead atoms. The first kappa shape index (κ1) is 27.5. The Bertz CT molecular complexity index is 1510. The van der Waals surface area contributed by atoms with Crippen LogP contribution in [0.2, 0.25) is 0 Å². The summed E-state index contributed by atoms with van der Waals surface area (Å²) in [4.78, 5) is 35.6. The molecule has 1 saturated carbocycles. The summed E-state index contributed by atoms with van der Waals surface area (Å²) in [7, 11) is -0.0240. The number of hydrogen-bond donors (Lipinski definition) is 1. The lowest BCUT2D eigenvalue weighted by Gasteiger charge is -2.32. The Labute approximate surface area is 232 Å². The van der Waals surface area contributed by atoms with Crippen LogP contribution in [0.15, 0.2) is 36.7 Å². The molecule has 2 aliphatic rings. The Morgan fingerprint density at radius 1 is 1.10 bits per heavy atom. The van der Waals surface area contributed by atoms with E-state index < -0.39 is 10.0 Å². The second kappa shape index (κ2) is 11.2. The van der Waals surface area contributed by atoms with E-state index in [-0.39, 0.29) is 56.1 Å². The van der Waals surface area contributed by atoms with Crippen LogP contribution in [0, 0.1) is 0 Å². The molecule has 1 aromatic carbocycles. The maximum Gasteiger partial charge on any atom is 0.274 e. The van der Waals surface area contributed by atoms with E-state index in [0.29, 0.717) is 28.7 Å². The molecule has 1 aliphatic heterocycles. The summed E-state index contributed by atoms with van der Waals surface area (Å²) in [5.41, 5.74) is 2.27. The zero-order valence-electron chi connectivity index (χ0n) is 22.5. The average molecular weight is 570 g/mol. The summed E-state index contributed by atoms with van der Waals surface area (Å²) in [5, 5.41) is 7.36. The number of nitrogens with zero attached hydrogens (tertiary/aromatic N) is 6. The fourth-order valence-corrected chi connectivity index (χ4v) is 5.36. The van der Waals surface area contributed by atoms with Gasteiger partial charge in [-0.05, 0) is 25.0 Å². The van der Waals surface area contributed by atoms with Crippen LogP contribution in [-0.2, 0) is 23.6 Å². The van der Waals surface area contributed by atoms with Gasteiger partial charge in [-0.3, -0.25) is 14.3 Å².